The van der Waals surface area contributed by atoms with Crippen molar-refractivity contribution in [1.82, 2.24) is 14.9 Å². The average Bonchev–Trinajstić information content (AvgIpc) is 2.55. The Labute approximate surface area is 136 Å². The highest BCUT2D eigenvalue weighted by Crippen LogP contribution is 2.03. The van der Waals surface area contributed by atoms with Gasteiger partial charge in [0.25, 0.3) is 5.56 Å². The Balaban J connectivity index is 2.19. The van der Waals surface area contributed by atoms with Crippen LogP contribution in [0.3, 0.4) is 0 Å². The van der Waals surface area contributed by atoms with E-state index in [1.165, 1.54) is 0 Å². The summed E-state index contributed by atoms with van der Waals surface area (Å²) in [6.07, 6.45) is 2.55. The summed E-state index contributed by atoms with van der Waals surface area (Å²) < 4.78 is 0.862. The van der Waals surface area contributed by atoms with Gasteiger partial charge in [0.15, 0.2) is 0 Å². The molecule has 0 saturated carbocycles. The molecule has 23 heavy (non-hydrogen) atoms. The maximum atomic E-state index is 12.3. The van der Waals surface area contributed by atoms with E-state index in [0.29, 0.717) is 17.3 Å². The fraction of sp³-hybridized carbons (Fsp3) is 0.400. The van der Waals surface area contributed by atoms with E-state index in [9.17, 15) is 19.5 Å². The predicted molar refractivity (Wildman–Crippen MR) is 90.8 cm³/mol. The highest BCUT2D eigenvalue weighted by molar-refractivity contribution is 7.98. The summed E-state index contributed by atoms with van der Waals surface area (Å²) in [6, 6.07) is 6.25. The van der Waals surface area contributed by atoms with Gasteiger partial charge in [-0.2, -0.15) is 11.8 Å². The van der Waals surface area contributed by atoms with Crippen LogP contribution >= 0.6 is 11.8 Å². The van der Waals surface area contributed by atoms with Gasteiger partial charge in [-0.1, -0.05) is 12.1 Å². The minimum absolute atomic E-state index is 0.185. The zero-order chi connectivity index (χ0) is 16.8. The number of hydrogen-bond acceptors (Lipinski definition) is 5. The van der Waals surface area contributed by atoms with Gasteiger partial charge in [0.1, 0.15) is 6.54 Å². The topological polar surface area (TPSA) is 104 Å². The van der Waals surface area contributed by atoms with Gasteiger partial charge in [0, 0.05) is 0 Å². The minimum Gasteiger partial charge on any atom is -0.394 e. The molecule has 0 fully saturated rings. The van der Waals surface area contributed by atoms with Crippen molar-refractivity contribution in [1.29, 1.82) is 0 Å². The molecule has 0 aliphatic rings. The molecule has 0 spiro atoms. The molecule has 1 amide bonds. The van der Waals surface area contributed by atoms with E-state index in [1.54, 1.807) is 36.0 Å². The van der Waals surface area contributed by atoms with E-state index >= 15 is 0 Å². The van der Waals surface area contributed by atoms with Crippen molar-refractivity contribution in [2.45, 2.75) is 19.0 Å². The van der Waals surface area contributed by atoms with Crippen LogP contribution in [0.25, 0.3) is 10.9 Å². The van der Waals surface area contributed by atoms with Gasteiger partial charge in [-0.25, -0.2) is 4.79 Å². The second kappa shape index (κ2) is 7.98. The van der Waals surface area contributed by atoms with E-state index in [-0.39, 0.29) is 19.2 Å². The SMILES string of the molecule is CSCC[C@H](CO)NC(=O)Cn1c(=O)[nH]c2ccccc2c1=O. The Morgan fingerprint density at radius 2 is 2.13 bits per heavy atom. The number of aliphatic hydroxyl groups is 1. The van der Waals surface area contributed by atoms with Crippen LogP contribution in [0.15, 0.2) is 33.9 Å². The second-order valence-corrected chi connectivity index (χ2v) is 6.08. The maximum absolute atomic E-state index is 12.3. The highest BCUT2D eigenvalue weighted by atomic mass is 32.2. The van der Waals surface area contributed by atoms with E-state index < -0.39 is 17.2 Å². The molecule has 7 nitrogen and oxygen atoms in total. The number of nitrogens with one attached hydrogen (secondary N) is 2. The molecule has 1 aromatic heterocycles. The zero-order valence-electron chi connectivity index (χ0n) is 12.7. The van der Waals surface area contributed by atoms with E-state index in [1.807, 2.05) is 6.26 Å². The van der Waals surface area contributed by atoms with Crippen LogP contribution in [-0.4, -0.2) is 45.2 Å². The van der Waals surface area contributed by atoms with Crippen LogP contribution in [0.2, 0.25) is 0 Å². The fourth-order valence-corrected chi connectivity index (χ4v) is 2.75. The van der Waals surface area contributed by atoms with Crippen LogP contribution in [0.5, 0.6) is 0 Å². The molecule has 2 aromatic rings. The number of benzene rings is 1. The molecule has 2 rings (SSSR count). The van der Waals surface area contributed by atoms with Crippen LogP contribution in [-0.2, 0) is 11.3 Å². The van der Waals surface area contributed by atoms with Crippen molar-refractivity contribution in [2.24, 2.45) is 0 Å². The minimum atomic E-state index is -0.631. The molecule has 124 valence electrons. The number of aliphatic hydroxyl groups excluding tert-OH is 1. The van der Waals surface area contributed by atoms with Crippen LogP contribution in [0, 0.1) is 0 Å². The number of carbonyl (C=O) groups excluding carboxylic acids is 1. The summed E-state index contributed by atoms with van der Waals surface area (Å²) in [6.45, 7) is -0.565. The van der Waals surface area contributed by atoms with Crippen LogP contribution in [0.4, 0.5) is 0 Å². The number of amides is 1. The van der Waals surface area contributed by atoms with Crippen molar-refractivity contribution in [3.63, 3.8) is 0 Å². The summed E-state index contributed by atoms with van der Waals surface area (Å²) in [5, 5.41) is 12.2. The molecular weight excluding hydrogens is 318 g/mol. The van der Waals surface area contributed by atoms with Gasteiger partial charge in [-0.05, 0) is 30.6 Å². The first-order valence-corrected chi connectivity index (χ1v) is 8.57. The quantitative estimate of drug-likeness (QED) is 0.655. The molecular formula is C15H19N3O4S. The predicted octanol–water partition coefficient (Wildman–Crippen LogP) is -0.0800. The number of aromatic nitrogens is 2. The normalized spacial score (nSPS) is 12.3. The van der Waals surface area contributed by atoms with Gasteiger partial charge in [0.2, 0.25) is 5.91 Å². The van der Waals surface area contributed by atoms with Crippen LogP contribution in [0.1, 0.15) is 6.42 Å². The Morgan fingerprint density at radius 3 is 2.83 bits per heavy atom. The van der Waals surface area contributed by atoms with E-state index in [0.717, 1.165) is 10.3 Å². The highest BCUT2D eigenvalue weighted by Gasteiger charge is 2.14. The standard InChI is InChI=1S/C15H19N3O4S/c1-23-7-6-10(9-19)16-13(20)8-18-14(21)11-4-2-3-5-12(11)17-15(18)22/h2-5,10,19H,6-9H2,1H3,(H,16,20)(H,17,22)/t10-/m1/s1. The van der Waals surface area contributed by atoms with Crippen LogP contribution < -0.4 is 16.6 Å². The molecule has 0 saturated heterocycles. The molecule has 0 aliphatic carbocycles. The molecule has 8 heteroatoms. The first-order chi connectivity index (χ1) is 11.1. The summed E-state index contributed by atoms with van der Waals surface area (Å²) in [5.41, 5.74) is -0.704. The first kappa shape index (κ1) is 17.3. The van der Waals surface area contributed by atoms with Crippen molar-refractivity contribution in [3.05, 3.63) is 45.1 Å². The maximum Gasteiger partial charge on any atom is 0.329 e. The van der Waals surface area contributed by atoms with E-state index in [2.05, 4.69) is 10.3 Å². The second-order valence-electron chi connectivity index (χ2n) is 5.10. The molecule has 1 heterocycles. The largest absolute Gasteiger partial charge is 0.394 e. The average molecular weight is 337 g/mol. The first-order valence-electron chi connectivity index (χ1n) is 7.18. The van der Waals surface area contributed by atoms with Crippen molar-refractivity contribution < 1.29 is 9.90 Å². The molecule has 0 aliphatic heterocycles. The zero-order valence-corrected chi connectivity index (χ0v) is 13.6. The summed E-state index contributed by atoms with van der Waals surface area (Å²) in [4.78, 5) is 38.9. The number of carbonyl (C=O) groups is 1. The van der Waals surface area contributed by atoms with Crippen molar-refractivity contribution >= 4 is 28.6 Å². The molecule has 1 aromatic carbocycles. The fourth-order valence-electron chi connectivity index (χ4n) is 2.23. The lowest BCUT2D eigenvalue weighted by atomic mass is 10.2. The smallest absolute Gasteiger partial charge is 0.329 e. The van der Waals surface area contributed by atoms with Gasteiger partial charge in [-0.15, -0.1) is 0 Å². The van der Waals surface area contributed by atoms with Gasteiger partial charge < -0.3 is 15.4 Å². The Bertz CT molecular complexity index is 799. The number of para-hydroxylation sites is 1. The monoisotopic (exact) mass is 337 g/mol. The van der Waals surface area contributed by atoms with Gasteiger partial charge in [0.05, 0.1) is 23.6 Å². The number of thioether (sulfide) groups is 1. The molecule has 0 bridgehead atoms. The third-order valence-electron chi connectivity index (χ3n) is 3.45. The lowest BCUT2D eigenvalue weighted by Gasteiger charge is -2.16. The number of fused-ring (bicyclic) bond motifs is 1. The lowest BCUT2D eigenvalue weighted by Crippen LogP contribution is -2.44. The third-order valence-corrected chi connectivity index (χ3v) is 4.09. The Hall–Kier alpha value is -2.06. The number of rotatable bonds is 7. The number of nitrogens with zero attached hydrogens (tertiary/aromatic N) is 1. The molecule has 0 unspecified atom stereocenters. The number of aromatic amines is 1. The molecule has 3 N–H and O–H groups in total. The molecule has 1 atom stereocenters. The van der Waals surface area contributed by atoms with Gasteiger partial charge >= 0.3 is 5.69 Å². The Kier molecular flexibility index (Phi) is 6.00. The molecule has 0 radical (unpaired) electrons. The number of hydrogen-bond donors (Lipinski definition) is 3. The van der Waals surface area contributed by atoms with Crippen molar-refractivity contribution in [3.8, 4) is 0 Å². The third kappa shape index (κ3) is 4.23. The summed E-state index contributed by atoms with van der Waals surface area (Å²) in [5.74, 6) is 0.315. The summed E-state index contributed by atoms with van der Waals surface area (Å²) >= 11 is 1.61. The Morgan fingerprint density at radius 1 is 1.39 bits per heavy atom. The summed E-state index contributed by atoms with van der Waals surface area (Å²) in [7, 11) is 0. The van der Waals surface area contributed by atoms with Gasteiger partial charge in [-0.3, -0.25) is 14.2 Å². The number of H-pyrrole nitrogens is 1. The van der Waals surface area contributed by atoms with E-state index in [4.69, 9.17) is 0 Å². The van der Waals surface area contributed by atoms with Crippen molar-refractivity contribution in [2.75, 3.05) is 18.6 Å². The lowest BCUT2D eigenvalue weighted by molar-refractivity contribution is -0.122.